The van der Waals surface area contributed by atoms with Crippen molar-refractivity contribution in [2.24, 2.45) is 0 Å². The largest absolute Gasteiger partial charge is 0.508 e. The smallest absolute Gasteiger partial charge is 0.230 e. The Morgan fingerprint density at radius 1 is 1.19 bits per heavy atom. The average molecular weight is 321 g/mol. The first-order chi connectivity index (χ1) is 10.0. The van der Waals surface area contributed by atoms with Crippen LogP contribution in [-0.2, 0) is 11.2 Å². The molecule has 0 saturated carbocycles. The highest BCUT2D eigenvalue weighted by Crippen LogP contribution is 2.15. The number of anilines is 1. The van der Waals surface area contributed by atoms with Gasteiger partial charge in [0.25, 0.3) is 0 Å². The molecule has 0 atom stereocenters. The third-order valence-electron chi connectivity index (χ3n) is 2.63. The van der Waals surface area contributed by atoms with Crippen molar-refractivity contribution in [1.82, 2.24) is 5.32 Å². The van der Waals surface area contributed by atoms with E-state index in [1.807, 2.05) is 0 Å². The molecule has 21 heavy (non-hydrogen) atoms. The number of nitrogens with one attached hydrogen (secondary N) is 2. The van der Waals surface area contributed by atoms with Gasteiger partial charge in [-0.2, -0.15) is 0 Å². The summed E-state index contributed by atoms with van der Waals surface area (Å²) in [4.78, 5) is 11.8. The molecule has 1 amide bonds. The van der Waals surface area contributed by atoms with Crippen LogP contribution in [0.25, 0.3) is 0 Å². The fraction of sp³-hybridized carbons (Fsp3) is 0.0667. The van der Waals surface area contributed by atoms with Crippen molar-refractivity contribution in [1.29, 1.82) is 0 Å². The van der Waals surface area contributed by atoms with E-state index in [0.717, 1.165) is 5.56 Å². The van der Waals surface area contributed by atoms with Crippen LogP contribution in [0.15, 0.2) is 48.5 Å². The number of rotatable bonds is 3. The zero-order chi connectivity index (χ0) is 15.2. The lowest BCUT2D eigenvalue weighted by Crippen LogP contribution is -2.35. The first kappa shape index (κ1) is 15.3. The minimum absolute atomic E-state index is 0.121. The summed E-state index contributed by atoms with van der Waals surface area (Å²) in [5.74, 6) is -0.106. The van der Waals surface area contributed by atoms with Crippen LogP contribution in [0.3, 0.4) is 0 Å². The lowest BCUT2D eigenvalue weighted by Gasteiger charge is -2.09. The van der Waals surface area contributed by atoms with E-state index in [2.05, 4.69) is 10.6 Å². The third kappa shape index (κ3) is 5.06. The zero-order valence-corrected chi connectivity index (χ0v) is 12.5. The number of halogens is 1. The number of hydrogen-bond donors (Lipinski definition) is 3. The van der Waals surface area contributed by atoms with E-state index in [9.17, 15) is 9.90 Å². The summed E-state index contributed by atoms with van der Waals surface area (Å²) in [6, 6.07) is 13.5. The van der Waals surface area contributed by atoms with Gasteiger partial charge in [0.05, 0.1) is 6.42 Å². The maximum Gasteiger partial charge on any atom is 0.230 e. The summed E-state index contributed by atoms with van der Waals surface area (Å²) in [5, 5.41) is 15.6. The maximum atomic E-state index is 11.8. The summed E-state index contributed by atoms with van der Waals surface area (Å²) in [7, 11) is 0. The van der Waals surface area contributed by atoms with E-state index >= 15 is 0 Å². The van der Waals surface area contributed by atoms with E-state index < -0.39 is 0 Å². The van der Waals surface area contributed by atoms with Crippen molar-refractivity contribution in [3.63, 3.8) is 0 Å². The molecule has 0 fully saturated rings. The molecule has 0 bridgehead atoms. The molecule has 2 aromatic rings. The van der Waals surface area contributed by atoms with Gasteiger partial charge in [0.15, 0.2) is 5.11 Å². The highest BCUT2D eigenvalue weighted by atomic mass is 35.5. The molecule has 108 valence electrons. The van der Waals surface area contributed by atoms with Crippen LogP contribution < -0.4 is 10.6 Å². The summed E-state index contributed by atoms with van der Waals surface area (Å²) in [6.45, 7) is 0. The molecule has 2 rings (SSSR count). The number of amides is 1. The SMILES string of the molecule is O=C(Cc1ccc(Cl)cc1)NC(=S)Nc1cccc(O)c1. The lowest BCUT2D eigenvalue weighted by molar-refractivity contribution is -0.119. The molecular weight excluding hydrogens is 308 g/mol. The Balaban J connectivity index is 1.87. The number of aromatic hydroxyl groups is 1. The Labute approximate surface area is 132 Å². The maximum absolute atomic E-state index is 11.8. The Morgan fingerprint density at radius 3 is 2.57 bits per heavy atom. The Morgan fingerprint density at radius 2 is 1.90 bits per heavy atom. The normalized spacial score (nSPS) is 9.95. The minimum Gasteiger partial charge on any atom is -0.508 e. The number of carbonyl (C=O) groups excluding carboxylic acids is 1. The van der Waals surface area contributed by atoms with Crippen molar-refractivity contribution < 1.29 is 9.90 Å². The average Bonchev–Trinajstić information content (AvgIpc) is 2.41. The number of phenols is 1. The van der Waals surface area contributed by atoms with Crippen molar-refractivity contribution in [3.05, 3.63) is 59.1 Å². The summed E-state index contributed by atoms with van der Waals surface area (Å²) < 4.78 is 0. The predicted octanol–water partition coefficient (Wildman–Crippen LogP) is 3.10. The molecule has 0 aliphatic rings. The second kappa shape index (κ2) is 7.06. The van der Waals surface area contributed by atoms with Crippen LogP contribution in [-0.4, -0.2) is 16.1 Å². The van der Waals surface area contributed by atoms with E-state index in [0.29, 0.717) is 10.7 Å². The summed E-state index contributed by atoms with van der Waals surface area (Å²) in [5.41, 5.74) is 1.45. The third-order valence-corrected chi connectivity index (χ3v) is 3.09. The molecular formula is C15H13ClN2O2S. The van der Waals surface area contributed by atoms with Gasteiger partial charge in [0.1, 0.15) is 5.75 Å². The predicted molar refractivity (Wildman–Crippen MR) is 87.6 cm³/mol. The molecule has 6 heteroatoms. The summed E-state index contributed by atoms with van der Waals surface area (Å²) in [6.07, 6.45) is 0.207. The molecule has 0 spiro atoms. The fourth-order valence-electron chi connectivity index (χ4n) is 1.70. The van der Waals surface area contributed by atoms with Crippen LogP contribution in [0.2, 0.25) is 5.02 Å². The molecule has 0 aliphatic carbocycles. The zero-order valence-electron chi connectivity index (χ0n) is 11.0. The van der Waals surface area contributed by atoms with Crippen molar-refractivity contribution in [3.8, 4) is 5.75 Å². The second-order valence-electron chi connectivity index (χ2n) is 4.36. The first-order valence-corrected chi connectivity index (χ1v) is 6.96. The van der Waals surface area contributed by atoms with Crippen LogP contribution >= 0.6 is 23.8 Å². The number of carbonyl (C=O) groups is 1. The Bertz CT molecular complexity index is 659. The van der Waals surface area contributed by atoms with E-state index in [1.165, 1.54) is 6.07 Å². The Kier molecular flexibility index (Phi) is 5.14. The van der Waals surface area contributed by atoms with Crippen molar-refractivity contribution in [2.45, 2.75) is 6.42 Å². The molecule has 3 N–H and O–H groups in total. The van der Waals surface area contributed by atoms with Crippen LogP contribution in [0.1, 0.15) is 5.56 Å². The molecule has 0 aliphatic heterocycles. The number of phenolic OH excluding ortho intramolecular Hbond substituents is 1. The number of thiocarbonyl (C=S) groups is 1. The second-order valence-corrected chi connectivity index (χ2v) is 5.20. The van der Waals surface area contributed by atoms with Crippen LogP contribution in [0.5, 0.6) is 5.75 Å². The molecule has 2 aromatic carbocycles. The minimum atomic E-state index is -0.227. The number of benzene rings is 2. The van der Waals surface area contributed by atoms with Gasteiger partial charge in [-0.3, -0.25) is 4.79 Å². The van der Waals surface area contributed by atoms with Gasteiger partial charge in [-0.25, -0.2) is 0 Å². The highest BCUT2D eigenvalue weighted by molar-refractivity contribution is 7.80. The van der Waals surface area contributed by atoms with Gasteiger partial charge >= 0.3 is 0 Å². The van der Waals surface area contributed by atoms with E-state index in [-0.39, 0.29) is 23.2 Å². The quantitative estimate of drug-likeness (QED) is 0.761. The topological polar surface area (TPSA) is 61.4 Å². The van der Waals surface area contributed by atoms with Crippen LogP contribution in [0, 0.1) is 0 Å². The van der Waals surface area contributed by atoms with Crippen molar-refractivity contribution in [2.75, 3.05) is 5.32 Å². The van der Waals surface area contributed by atoms with Crippen LogP contribution in [0.4, 0.5) is 5.69 Å². The molecule has 0 aromatic heterocycles. The molecule has 0 heterocycles. The van der Waals surface area contributed by atoms with Gasteiger partial charge in [-0.1, -0.05) is 29.8 Å². The van der Waals surface area contributed by atoms with Gasteiger partial charge in [0, 0.05) is 16.8 Å². The molecule has 0 radical (unpaired) electrons. The van der Waals surface area contributed by atoms with Gasteiger partial charge in [-0.05, 0) is 42.0 Å². The van der Waals surface area contributed by atoms with E-state index in [1.54, 1.807) is 42.5 Å². The molecule has 0 unspecified atom stereocenters. The Hall–Kier alpha value is -2.11. The monoisotopic (exact) mass is 320 g/mol. The first-order valence-electron chi connectivity index (χ1n) is 6.17. The molecule has 4 nitrogen and oxygen atoms in total. The lowest BCUT2D eigenvalue weighted by atomic mass is 10.1. The standard InChI is InChI=1S/C15H13ClN2O2S/c16-11-6-4-10(5-7-11)8-14(20)18-15(21)17-12-2-1-3-13(19)9-12/h1-7,9,19H,8H2,(H2,17,18,20,21). The fourth-order valence-corrected chi connectivity index (χ4v) is 2.06. The van der Waals surface area contributed by atoms with Crippen molar-refractivity contribution >= 4 is 40.5 Å². The van der Waals surface area contributed by atoms with Gasteiger partial charge in [-0.15, -0.1) is 0 Å². The van der Waals surface area contributed by atoms with E-state index in [4.69, 9.17) is 23.8 Å². The molecule has 0 saturated heterocycles. The van der Waals surface area contributed by atoms with Gasteiger partial charge in [0.2, 0.25) is 5.91 Å². The highest BCUT2D eigenvalue weighted by Gasteiger charge is 2.06. The number of hydrogen-bond acceptors (Lipinski definition) is 3. The van der Waals surface area contributed by atoms with Gasteiger partial charge < -0.3 is 15.7 Å². The summed E-state index contributed by atoms with van der Waals surface area (Å²) >= 11 is 10.8.